The summed E-state index contributed by atoms with van der Waals surface area (Å²) in [4.78, 5) is 37.9. The average molecular weight is 469 g/mol. The van der Waals surface area contributed by atoms with Gasteiger partial charge < -0.3 is 15.1 Å². The molecule has 2 heterocycles. The first kappa shape index (κ1) is 22.7. The lowest BCUT2D eigenvalue weighted by atomic mass is 10.1. The van der Waals surface area contributed by atoms with Crippen molar-refractivity contribution in [1.82, 2.24) is 5.32 Å². The summed E-state index contributed by atoms with van der Waals surface area (Å²) in [5.41, 5.74) is 2.37. The van der Waals surface area contributed by atoms with Gasteiger partial charge in [-0.25, -0.2) is 0 Å². The van der Waals surface area contributed by atoms with Crippen molar-refractivity contribution in [3.05, 3.63) is 124 Å². The number of rotatable bonds is 8. The van der Waals surface area contributed by atoms with E-state index in [1.807, 2.05) is 16.8 Å². The maximum Gasteiger partial charge on any atom is 0.272 e. The van der Waals surface area contributed by atoms with E-state index < -0.39 is 11.8 Å². The van der Waals surface area contributed by atoms with Crippen molar-refractivity contribution in [3.8, 4) is 0 Å². The van der Waals surface area contributed by atoms with Gasteiger partial charge >= 0.3 is 0 Å². The van der Waals surface area contributed by atoms with Crippen LogP contribution in [0.5, 0.6) is 0 Å². The fourth-order valence-corrected chi connectivity index (χ4v) is 3.64. The number of furan rings is 1. The number of carbonyl (C=O) groups is 3. The number of ketones is 1. The fourth-order valence-electron chi connectivity index (χ4n) is 3.01. The van der Waals surface area contributed by atoms with Crippen molar-refractivity contribution in [3.63, 3.8) is 0 Å². The summed E-state index contributed by atoms with van der Waals surface area (Å²) in [5, 5.41) is 9.27. The maximum absolute atomic E-state index is 12.9. The van der Waals surface area contributed by atoms with E-state index in [0.29, 0.717) is 22.6 Å². The summed E-state index contributed by atoms with van der Waals surface area (Å²) in [6, 6.07) is 20.4. The number of carbonyl (C=O) groups excluding carboxylic acids is 3. The first-order valence-electron chi connectivity index (χ1n) is 10.4. The normalized spacial score (nSPS) is 11.4. The number of hydrogen-bond acceptors (Lipinski definition) is 5. The highest BCUT2D eigenvalue weighted by Crippen LogP contribution is 2.15. The Balaban J connectivity index is 1.46. The molecular formula is C27H20N2O4S. The van der Waals surface area contributed by atoms with E-state index in [-0.39, 0.29) is 11.5 Å². The van der Waals surface area contributed by atoms with Crippen molar-refractivity contribution in [2.45, 2.75) is 0 Å². The van der Waals surface area contributed by atoms with Gasteiger partial charge in [0.15, 0.2) is 5.78 Å². The predicted octanol–water partition coefficient (Wildman–Crippen LogP) is 5.65. The molecule has 2 amide bonds. The quantitative estimate of drug-likeness (QED) is 0.258. The molecule has 2 aromatic heterocycles. The molecular weight excluding hydrogens is 448 g/mol. The van der Waals surface area contributed by atoms with Gasteiger partial charge in [0.25, 0.3) is 11.8 Å². The molecule has 0 radical (unpaired) electrons. The van der Waals surface area contributed by atoms with E-state index in [4.69, 9.17) is 4.42 Å². The van der Waals surface area contributed by atoms with Crippen LogP contribution >= 0.6 is 11.3 Å². The van der Waals surface area contributed by atoms with Crippen LogP contribution < -0.4 is 10.6 Å². The van der Waals surface area contributed by atoms with Crippen LogP contribution in [-0.2, 0) is 4.79 Å². The maximum atomic E-state index is 12.9. The van der Waals surface area contributed by atoms with Gasteiger partial charge in [-0.2, -0.15) is 11.3 Å². The van der Waals surface area contributed by atoms with Crippen molar-refractivity contribution in [2.75, 3.05) is 5.32 Å². The molecule has 2 N–H and O–H groups in total. The average Bonchev–Trinajstić information content (AvgIpc) is 3.57. The van der Waals surface area contributed by atoms with Crippen LogP contribution in [0.3, 0.4) is 0 Å². The molecule has 168 valence electrons. The minimum atomic E-state index is -0.530. The number of nitrogens with one attached hydrogen (secondary N) is 2. The van der Waals surface area contributed by atoms with E-state index >= 15 is 0 Å². The number of amides is 2. The molecule has 0 spiro atoms. The van der Waals surface area contributed by atoms with Crippen molar-refractivity contribution >= 4 is 46.8 Å². The van der Waals surface area contributed by atoms with Crippen molar-refractivity contribution in [2.24, 2.45) is 0 Å². The number of benzene rings is 2. The number of allylic oxidation sites excluding steroid dienone is 1. The monoisotopic (exact) mass is 468 g/mol. The van der Waals surface area contributed by atoms with Crippen LogP contribution in [0.15, 0.2) is 106 Å². The Hall–Kier alpha value is -4.49. The third-order valence-electron chi connectivity index (χ3n) is 4.76. The molecule has 4 rings (SSSR count). The summed E-state index contributed by atoms with van der Waals surface area (Å²) in [6.45, 7) is 0. The molecule has 2 aromatic carbocycles. The van der Waals surface area contributed by atoms with Gasteiger partial charge in [0, 0.05) is 22.9 Å². The zero-order valence-corrected chi connectivity index (χ0v) is 18.8. The Morgan fingerprint density at radius 3 is 2.32 bits per heavy atom. The lowest BCUT2D eigenvalue weighted by Crippen LogP contribution is -2.30. The van der Waals surface area contributed by atoms with Crippen molar-refractivity contribution in [1.29, 1.82) is 0 Å². The summed E-state index contributed by atoms with van der Waals surface area (Å²) >= 11 is 1.56. The van der Waals surface area contributed by atoms with Crippen LogP contribution in [0.4, 0.5) is 5.69 Å². The van der Waals surface area contributed by atoms with Crippen LogP contribution in [0.2, 0.25) is 0 Å². The molecule has 0 aliphatic carbocycles. The number of anilines is 1. The highest BCUT2D eigenvalue weighted by Gasteiger charge is 2.16. The molecule has 0 saturated heterocycles. The van der Waals surface area contributed by atoms with E-state index in [0.717, 1.165) is 5.56 Å². The predicted molar refractivity (Wildman–Crippen MR) is 133 cm³/mol. The second-order valence-electron chi connectivity index (χ2n) is 7.18. The molecule has 34 heavy (non-hydrogen) atoms. The van der Waals surface area contributed by atoms with Gasteiger partial charge in [0.1, 0.15) is 11.5 Å². The largest absolute Gasteiger partial charge is 0.465 e. The number of hydrogen-bond donors (Lipinski definition) is 2. The van der Waals surface area contributed by atoms with Crippen LogP contribution in [0.25, 0.3) is 12.2 Å². The first-order valence-corrected chi connectivity index (χ1v) is 11.3. The first-order chi connectivity index (χ1) is 16.6. The fraction of sp³-hybridized carbons (Fsp3) is 0. The van der Waals surface area contributed by atoms with Crippen molar-refractivity contribution < 1.29 is 18.8 Å². The molecule has 0 bridgehead atoms. The topological polar surface area (TPSA) is 88.4 Å². The van der Waals surface area contributed by atoms with Crippen LogP contribution in [0.1, 0.15) is 32.0 Å². The van der Waals surface area contributed by atoms with Gasteiger partial charge in [-0.3, -0.25) is 14.4 Å². The lowest BCUT2D eigenvalue weighted by molar-refractivity contribution is -0.113. The minimum Gasteiger partial charge on any atom is -0.465 e. The zero-order valence-electron chi connectivity index (χ0n) is 17.9. The van der Waals surface area contributed by atoms with Gasteiger partial charge in [0.2, 0.25) is 0 Å². The third-order valence-corrected chi connectivity index (χ3v) is 5.46. The summed E-state index contributed by atoms with van der Waals surface area (Å²) < 4.78 is 5.29. The summed E-state index contributed by atoms with van der Waals surface area (Å²) in [7, 11) is 0. The smallest absolute Gasteiger partial charge is 0.272 e. The molecule has 0 aliphatic heterocycles. The third kappa shape index (κ3) is 6.05. The Labute approximate surface area is 200 Å². The van der Waals surface area contributed by atoms with Crippen LogP contribution in [-0.4, -0.2) is 17.6 Å². The van der Waals surface area contributed by atoms with E-state index in [9.17, 15) is 14.4 Å². The highest BCUT2D eigenvalue weighted by molar-refractivity contribution is 7.08. The molecule has 0 saturated carbocycles. The molecule has 0 fully saturated rings. The second-order valence-corrected chi connectivity index (χ2v) is 7.96. The van der Waals surface area contributed by atoms with E-state index in [2.05, 4.69) is 10.6 Å². The molecule has 0 unspecified atom stereocenters. The Morgan fingerprint density at radius 2 is 1.65 bits per heavy atom. The van der Waals surface area contributed by atoms with Gasteiger partial charge in [-0.1, -0.05) is 24.3 Å². The Morgan fingerprint density at radius 1 is 0.853 bits per heavy atom. The number of thiophene rings is 1. The van der Waals surface area contributed by atoms with Gasteiger partial charge in [-0.15, -0.1) is 0 Å². The SMILES string of the molecule is O=C(Nc1ccc(C(=O)/C=C/c2ccsc2)cc1)/C(=C/c1ccco1)NC(=O)c1ccccc1. The van der Waals surface area contributed by atoms with Gasteiger partial charge in [-0.05, 0) is 77.0 Å². The molecule has 0 aliphatic rings. The highest BCUT2D eigenvalue weighted by atomic mass is 32.1. The summed E-state index contributed by atoms with van der Waals surface area (Å²) in [6.07, 6.45) is 6.20. The Bertz CT molecular complexity index is 1320. The zero-order chi connectivity index (χ0) is 23.8. The summed E-state index contributed by atoms with van der Waals surface area (Å²) in [5.74, 6) is -0.682. The molecule has 7 heteroatoms. The molecule has 0 atom stereocenters. The molecule has 6 nitrogen and oxygen atoms in total. The second kappa shape index (κ2) is 10.9. The van der Waals surface area contributed by atoms with Crippen LogP contribution in [0, 0.1) is 0 Å². The van der Waals surface area contributed by atoms with E-state index in [1.54, 1.807) is 84.1 Å². The standard InChI is InChI=1S/C27H20N2O4S/c30-25(13-8-19-14-16-34-18-19)20-9-11-22(12-10-20)28-27(32)24(17-23-7-4-15-33-23)29-26(31)21-5-2-1-3-6-21/h1-18H,(H,28,32)(H,29,31)/b13-8+,24-17-. The van der Waals surface area contributed by atoms with E-state index in [1.165, 1.54) is 18.4 Å². The minimum absolute atomic E-state index is 0.0163. The van der Waals surface area contributed by atoms with Gasteiger partial charge in [0.05, 0.1) is 6.26 Å². The lowest BCUT2D eigenvalue weighted by Gasteiger charge is -2.11. The molecule has 4 aromatic rings. The Kier molecular flexibility index (Phi) is 7.27.